The highest BCUT2D eigenvalue weighted by atomic mass is 32.2. The summed E-state index contributed by atoms with van der Waals surface area (Å²) in [4.78, 5) is 0. The highest BCUT2D eigenvalue weighted by molar-refractivity contribution is 7.98. The van der Waals surface area contributed by atoms with Crippen LogP contribution in [0.2, 0.25) is 0 Å². The maximum atomic E-state index is 9.04. The lowest BCUT2D eigenvalue weighted by Gasteiger charge is -2.24. The van der Waals surface area contributed by atoms with E-state index < -0.39 is 0 Å². The second-order valence-corrected chi connectivity index (χ2v) is 5.37. The lowest BCUT2D eigenvalue weighted by molar-refractivity contribution is 0.153. The number of hydrogen-bond acceptors (Lipinski definition) is 3. The van der Waals surface area contributed by atoms with Gasteiger partial charge in [-0.05, 0) is 25.4 Å². The van der Waals surface area contributed by atoms with E-state index in [4.69, 9.17) is 5.11 Å². The van der Waals surface area contributed by atoms with Gasteiger partial charge in [0, 0.05) is 24.6 Å². The van der Waals surface area contributed by atoms with Gasteiger partial charge in [0.1, 0.15) is 0 Å². The summed E-state index contributed by atoms with van der Waals surface area (Å²) >= 11 is 1.88. The molecule has 13 heavy (non-hydrogen) atoms. The second-order valence-electron chi connectivity index (χ2n) is 4.39. The standard InChI is InChI=1S/C10H23NOS/c1-9(5-6-13-4)11-7-10(2,3)8-12/h9,11-12H,5-8H2,1-4H3. The molecule has 0 amide bonds. The van der Waals surface area contributed by atoms with Gasteiger partial charge in [-0.1, -0.05) is 13.8 Å². The molecule has 2 N–H and O–H groups in total. The molecule has 0 aliphatic rings. The maximum Gasteiger partial charge on any atom is 0.0494 e. The molecular weight excluding hydrogens is 182 g/mol. The predicted molar refractivity (Wildman–Crippen MR) is 61.3 cm³/mol. The van der Waals surface area contributed by atoms with Crippen LogP contribution in [-0.2, 0) is 0 Å². The third kappa shape index (κ3) is 7.35. The van der Waals surface area contributed by atoms with Gasteiger partial charge in [0.2, 0.25) is 0 Å². The molecule has 3 heteroatoms. The van der Waals surface area contributed by atoms with Crippen LogP contribution in [0.25, 0.3) is 0 Å². The Kier molecular flexibility index (Phi) is 6.82. The summed E-state index contributed by atoms with van der Waals surface area (Å²) in [5.74, 6) is 1.20. The summed E-state index contributed by atoms with van der Waals surface area (Å²) in [7, 11) is 0. The summed E-state index contributed by atoms with van der Waals surface area (Å²) in [6.07, 6.45) is 3.33. The van der Waals surface area contributed by atoms with Crippen LogP contribution in [0.1, 0.15) is 27.2 Å². The molecule has 0 aromatic heterocycles. The number of hydrogen-bond donors (Lipinski definition) is 2. The minimum Gasteiger partial charge on any atom is -0.396 e. The summed E-state index contributed by atoms with van der Waals surface area (Å²) in [6.45, 7) is 7.47. The van der Waals surface area contributed by atoms with Crippen LogP contribution >= 0.6 is 11.8 Å². The summed E-state index contributed by atoms with van der Waals surface area (Å²) in [6, 6.07) is 0.554. The molecule has 0 aromatic rings. The van der Waals surface area contributed by atoms with Gasteiger partial charge in [-0.2, -0.15) is 11.8 Å². The van der Waals surface area contributed by atoms with Crippen molar-refractivity contribution in [2.75, 3.05) is 25.2 Å². The molecule has 0 saturated carbocycles. The van der Waals surface area contributed by atoms with Crippen molar-refractivity contribution in [3.63, 3.8) is 0 Å². The third-order valence-electron chi connectivity index (χ3n) is 2.11. The van der Waals surface area contributed by atoms with Crippen molar-refractivity contribution in [2.24, 2.45) is 5.41 Å². The van der Waals surface area contributed by atoms with Crippen molar-refractivity contribution in [1.29, 1.82) is 0 Å². The van der Waals surface area contributed by atoms with Crippen LogP contribution in [0.15, 0.2) is 0 Å². The SMILES string of the molecule is CSCCC(C)NCC(C)(C)CO. The Balaban J connectivity index is 3.51. The smallest absolute Gasteiger partial charge is 0.0494 e. The van der Waals surface area contributed by atoms with E-state index in [1.807, 2.05) is 11.8 Å². The first-order chi connectivity index (χ1) is 6.02. The molecule has 0 bridgehead atoms. The fraction of sp³-hybridized carbons (Fsp3) is 1.00. The molecule has 0 rings (SSSR count). The molecule has 0 fully saturated rings. The molecule has 0 aliphatic carbocycles. The van der Waals surface area contributed by atoms with Gasteiger partial charge < -0.3 is 10.4 Å². The Hall–Kier alpha value is 0.270. The van der Waals surface area contributed by atoms with Crippen LogP contribution < -0.4 is 5.32 Å². The summed E-state index contributed by atoms with van der Waals surface area (Å²) in [5, 5.41) is 12.5. The number of aliphatic hydroxyl groups excluding tert-OH is 1. The Morgan fingerprint density at radius 2 is 2.08 bits per heavy atom. The minimum absolute atomic E-state index is 0.00756. The third-order valence-corrected chi connectivity index (χ3v) is 2.76. The van der Waals surface area contributed by atoms with Crippen molar-refractivity contribution in [2.45, 2.75) is 33.2 Å². The van der Waals surface area contributed by atoms with Crippen LogP contribution in [0, 0.1) is 5.41 Å². The summed E-state index contributed by atoms with van der Waals surface area (Å²) in [5.41, 5.74) is 0.00756. The van der Waals surface area contributed by atoms with Crippen molar-refractivity contribution >= 4 is 11.8 Å². The van der Waals surface area contributed by atoms with Gasteiger partial charge in [-0.15, -0.1) is 0 Å². The van der Waals surface area contributed by atoms with Gasteiger partial charge in [0.05, 0.1) is 0 Å². The Morgan fingerprint density at radius 1 is 1.46 bits per heavy atom. The molecule has 0 saturated heterocycles. The first kappa shape index (κ1) is 13.3. The highest BCUT2D eigenvalue weighted by Crippen LogP contribution is 2.12. The Bertz CT molecular complexity index is 128. The fourth-order valence-corrected chi connectivity index (χ4v) is 1.49. The van der Waals surface area contributed by atoms with Crippen molar-refractivity contribution < 1.29 is 5.11 Å². The first-order valence-electron chi connectivity index (χ1n) is 4.85. The van der Waals surface area contributed by atoms with E-state index in [0.717, 1.165) is 6.54 Å². The number of rotatable bonds is 7. The zero-order chi connectivity index (χ0) is 10.3. The average Bonchev–Trinajstić information content (AvgIpc) is 2.11. The normalized spacial score (nSPS) is 14.5. The molecule has 80 valence electrons. The lowest BCUT2D eigenvalue weighted by atomic mass is 9.94. The zero-order valence-electron chi connectivity index (χ0n) is 9.26. The average molecular weight is 205 g/mol. The molecule has 2 nitrogen and oxygen atoms in total. The van der Waals surface area contributed by atoms with Crippen LogP contribution in [0.5, 0.6) is 0 Å². The molecule has 0 aliphatic heterocycles. The minimum atomic E-state index is 0.00756. The highest BCUT2D eigenvalue weighted by Gasteiger charge is 2.16. The molecule has 1 atom stereocenters. The number of nitrogens with one attached hydrogen (secondary N) is 1. The summed E-state index contributed by atoms with van der Waals surface area (Å²) < 4.78 is 0. The van der Waals surface area contributed by atoms with E-state index in [9.17, 15) is 0 Å². The largest absolute Gasteiger partial charge is 0.396 e. The van der Waals surface area contributed by atoms with Gasteiger partial charge in [0.15, 0.2) is 0 Å². The second kappa shape index (κ2) is 6.68. The van der Waals surface area contributed by atoms with E-state index in [-0.39, 0.29) is 12.0 Å². The molecule has 0 spiro atoms. The molecule has 1 unspecified atom stereocenters. The van der Waals surface area contributed by atoms with Gasteiger partial charge in [-0.25, -0.2) is 0 Å². The van der Waals surface area contributed by atoms with E-state index in [0.29, 0.717) is 6.04 Å². The lowest BCUT2D eigenvalue weighted by Crippen LogP contribution is -2.37. The van der Waals surface area contributed by atoms with Gasteiger partial charge in [0.25, 0.3) is 0 Å². The molecule has 0 heterocycles. The maximum absolute atomic E-state index is 9.04. The van der Waals surface area contributed by atoms with Crippen LogP contribution in [0.3, 0.4) is 0 Å². The number of thioether (sulfide) groups is 1. The van der Waals surface area contributed by atoms with Gasteiger partial charge >= 0.3 is 0 Å². The van der Waals surface area contributed by atoms with E-state index >= 15 is 0 Å². The first-order valence-corrected chi connectivity index (χ1v) is 6.24. The monoisotopic (exact) mass is 205 g/mol. The van der Waals surface area contributed by atoms with E-state index in [1.165, 1.54) is 12.2 Å². The van der Waals surface area contributed by atoms with Gasteiger partial charge in [-0.3, -0.25) is 0 Å². The fourth-order valence-electron chi connectivity index (χ4n) is 0.903. The topological polar surface area (TPSA) is 32.3 Å². The Labute approximate surface area is 86.5 Å². The van der Waals surface area contributed by atoms with Crippen LogP contribution in [-0.4, -0.2) is 36.3 Å². The van der Waals surface area contributed by atoms with Crippen molar-refractivity contribution in [3.05, 3.63) is 0 Å². The molecule has 0 radical (unpaired) electrons. The van der Waals surface area contributed by atoms with Crippen molar-refractivity contribution in [1.82, 2.24) is 5.32 Å². The van der Waals surface area contributed by atoms with E-state index in [1.54, 1.807) is 0 Å². The molecular formula is C10H23NOS. The molecule has 0 aromatic carbocycles. The Morgan fingerprint density at radius 3 is 2.54 bits per heavy atom. The van der Waals surface area contributed by atoms with Crippen LogP contribution in [0.4, 0.5) is 0 Å². The van der Waals surface area contributed by atoms with E-state index in [2.05, 4.69) is 32.3 Å². The predicted octanol–water partition coefficient (Wildman–Crippen LogP) is 1.74. The quantitative estimate of drug-likeness (QED) is 0.664. The van der Waals surface area contributed by atoms with Crippen molar-refractivity contribution in [3.8, 4) is 0 Å². The number of aliphatic hydroxyl groups is 1. The zero-order valence-corrected chi connectivity index (χ0v) is 10.1.